The lowest BCUT2D eigenvalue weighted by molar-refractivity contribution is 1.56. The van der Waals surface area contributed by atoms with E-state index >= 15 is 0 Å². The molecule has 1 aromatic rings. The fraction of sp³-hybridized carbons (Fsp3) is 0. The second-order valence-electron chi connectivity index (χ2n) is 2.07. The van der Waals surface area contributed by atoms with Crippen molar-refractivity contribution < 1.29 is 0 Å². The Hall–Kier alpha value is -1.08. The van der Waals surface area contributed by atoms with Crippen LogP contribution in [0.2, 0.25) is 0 Å². The fourth-order valence-electron chi connectivity index (χ4n) is 0.808. The topological polar surface area (TPSA) is 23.9 Å². The Morgan fingerprint density at radius 2 is 1.91 bits per heavy atom. The summed E-state index contributed by atoms with van der Waals surface area (Å²) in [6.07, 6.45) is 1.24. The van der Waals surface area contributed by atoms with Crippen molar-refractivity contribution in [1.82, 2.24) is 0 Å². The Balaban J connectivity index is 3.01. The number of benzene rings is 1. The number of hydrogen-bond acceptors (Lipinski definition) is 1. The third kappa shape index (κ3) is 1.92. The Bertz CT molecular complexity index is 264. The molecule has 1 rings (SSSR count). The fourth-order valence-corrected chi connectivity index (χ4v) is 0.997. The molecule has 0 unspecified atom stereocenters. The molecular weight excluding hydrogens is 158 g/mol. The number of halogens is 1. The van der Waals surface area contributed by atoms with Crippen molar-refractivity contribution in [2.45, 2.75) is 0 Å². The van der Waals surface area contributed by atoms with Crippen LogP contribution >= 0.6 is 11.6 Å². The maximum atomic E-state index is 7.02. The maximum Gasteiger partial charge on any atom is 0.0265 e. The van der Waals surface area contributed by atoms with Crippen molar-refractivity contribution >= 4 is 23.4 Å². The van der Waals surface area contributed by atoms with Crippen LogP contribution in [0.25, 0.3) is 5.57 Å². The van der Waals surface area contributed by atoms with Gasteiger partial charge >= 0.3 is 0 Å². The molecule has 0 radical (unpaired) electrons. The molecule has 0 saturated heterocycles. The van der Waals surface area contributed by atoms with Gasteiger partial charge in [-0.05, 0) is 5.56 Å². The van der Waals surface area contributed by atoms with E-state index in [0.717, 1.165) is 11.1 Å². The molecule has 2 heteroatoms. The zero-order valence-electron chi connectivity index (χ0n) is 5.92. The lowest BCUT2D eigenvalue weighted by Crippen LogP contribution is -1.81. The van der Waals surface area contributed by atoms with Gasteiger partial charge in [-0.25, -0.2) is 0 Å². The largest absolute Gasteiger partial charge is 0.308 e. The number of hydrogen-bond donors (Lipinski definition) is 1. The molecule has 0 aliphatic carbocycles. The molecule has 0 fully saturated rings. The molecule has 1 N–H and O–H groups in total. The van der Waals surface area contributed by atoms with E-state index in [1.807, 2.05) is 30.3 Å². The smallest absolute Gasteiger partial charge is 0.0265 e. The van der Waals surface area contributed by atoms with E-state index < -0.39 is 0 Å². The van der Waals surface area contributed by atoms with E-state index in [2.05, 4.69) is 0 Å². The van der Waals surface area contributed by atoms with Crippen LogP contribution in [0.15, 0.2) is 35.9 Å². The Labute approximate surface area is 70.8 Å². The second kappa shape index (κ2) is 3.94. The summed E-state index contributed by atoms with van der Waals surface area (Å²) in [5.74, 6) is 0. The molecule has 0 aromatic heterocycles. The number of rotatable bonds is 2. The SMILES string of the molecule is N=CC(=CCl)c1ccccc1. The predicted octanol–water partition coefficient (Wildman–Crippen LogP) is 2.92. The third-order valence-electron chi connectivity index (χ3n) is 1.38. The first kappa shape index (κ1) is 8.02. The highest BCUT2D eigenvalue weighted by Gasteiger charge is 1.93. The summed E-state index contributed by atoms with van der Waals surface area (Å²) < 4.78 is 0. The molecule has 0 heterocycles. The van der Waals surface area contributed by atoms with E-state index in [9.17, 15) is 0 Å². The Morgan fingerprint density at radius 3 is 2.36 bits per heavy atom. The van der Waals surface area contributed by atoms with Gasteiger partial charge in [-0.2, -0.15) is 0 Å². The molecule has 0 saturated carbocycles. The van der Waals surface area contributed by atoms with E-state index in [1.54, 1.807) is 0 Å². The molecule has 1 aromatic carbocycles. The van der Waals surface area contributed by atoms with Crippen LogP contribution in [0, 0.1) is 5.41 Å². The summed E-state index contributed by atoms with van der Waals surface area (Å²) in [7, 11) is 0. The highest BCUT2D eigenvalue weighted by atomic mass is 35.5. The van der Waals surface area contributed by atoms with Crippen LogP contribution in [-0.4, -0.2) is 6.21 Å². The summed E-state index contributed by atoms with van der Waals surface area (Å²) in [6, 6.07) is 9.59. The van der Waals surface area contributed by atoms with Crippen LogP contribution in [0.5, 0.6) is 0 Å². The summed E-state index contributed by atoms with van der Waals surface area (Å²) in [5, 5.41) is 7.02. The molecule has 0 amide bonds. The van der Waals surface area contributed by atoms with Gasteiger partial charge in [-0.3, -0.25) is 0 Å². The average molecular weight is 166 g/mol. The van der Waals surface area contributed by atoms with Crippen molar-refractivity contribution in [1.29, 1.82) is 5.41 Å². The molecular formula is C9H8ClN. The first-order chi connectivity index (χ1) is 5.38. The zero-order valence-corrected chi connectivity index (χ0v) is 6.68. The van der Waals surface area contributed by atoms with Crippen LogP contribution in [0.4, 0.5) is 0 Å². The standard InChI is InChI=1S/C9H8ClN/c10-6-9(7-11)8-4-2-1-3-5-8/h1-7,11H. The summed E-state index contributed by atoms with van der Waals surface area (Å²) >= 11 is 5.49. The van der Waals surface area contributed by atoms with Crippen molar-refractivity contribution in [2.75, 3.05) is 0 Å². The van der Waals surface area contributed by atoms with Gasteiger partial charge in [-0.15, -0.1) is 0 Å². The molecule has 0 aliphatic heterocycles. The van der Waals surface area contributed by atoms with Gasteiger partial charge in [0.25, 0.3) is 0 Å². The minimum absolute atomic E-state index is 0.729. The quantitative estimate of drug-likeness (QED) is 0.652. The van der Waals surface area contributed by atoms with Crippen LogP contribution in [-0.2, 0) is 0 Å². The third-order valence-corrected chi connectivity index (χ3v) is 1.62. The van der Waals surface area contributed by atoms with Gasteiger partial charge < -0.3 is 5.41 Å². The van der Waals surface area contributed by atoms with E-state index in [0.29, 0.717) is 0 Å². The predicted molar refractivity (Wildman–Crippen MR) is 49.1 cm³/mol. The van der Waals surface area contributed by atoms with Gasteiger partial charge in [0.1, 0.15) is 0 Å². The first-order valence-corrected chi connectivity index (χ1v) is 3.68. The normalized spacial score (nSPS) is 11.2. The van der Waals surface area contributed by atoms with Gasteiger partial charge in [0.05, 0.1) is 0 Å². The molecule has 56 valence electrons. The minimum Gasteiger partial charge on any atom is -0.308 e. The van der Waals surface area contributed by atoms with E-state index in [1.165, 1.54) is 11.7 Å². The lowest BCUT2D eigenvalue weighted by Gasteiger charge is -1.96. The van der Waals surface area contributed by atoms with E-state index in [-0.39, 0.29) is 0 Å². The van der Waals surface area contributed by atoms with Crippen molar-refractivity contribution in [3.8, 4) is 0 Å². The first-order valence-electron chi connectivity index (χ1n) is 3.24. The summed E-state index contributed by atoms with van der Waals surface area (Å²) in [5.41, 5.74) is 3.10. The monoisotopic (exact) mass is 165 g/mol. The lowest BCUT2D eigenvalue weighted by atomic mass is 10.1. The summed E-state index contributed by atoms with van der Waals surface area (Å²) in [6.45, 7) is 0. The number of allylic oxidation sites excluding steroid dienone is 1. The second-order valence-corrected chi connectivity index (χ2v) is 2.29. The van der Waals surface area contributed by atoms with Gasteiger partial charge in [-0.1, -0.05) is 41.9 Å². The number of nitrogens with one attached hydrogen (secondary N) is 1. The molecule has 0 atom stereocenters. The summed E-state index contributed by atoms with van der Waals surface area (Å²) in [4.78, 5) is 0. The molecule has 0 aliphatic rings. The molecule has 1 nitrogen and oxygen atoms in total. The van der Waals surface area contributed by atoms with Crippen molar-refractivity contribution in [3.63, 3.8) is 0 Å². The zero-order chi connectivity index (χ0) is 8.10. The van der Waals surface area contributed by atoms with Crippen LogP contribution in [0.3, 0.4) is 0 Å². The van der Waals surface area contributed by atoms with Gasteiger partial charge in [0.15, 0.2) is 0 Å². The maximum absolute atomic E-state index is 7.02. The van der Waals surface area contributed by atoms with E-state index in [4.69, 9.17) is 17.0 Å². The average Bonchev–Trinajstić information content (AvgIpc) is 2.09. The van der Waals surface area contributed by atoms with Crippen LogP contribution in [0.1, 0.15) is 5.56 Å². The highest BCUT2D eigenvalue weighted by molar-refractivity contribution is 6.32. The van der Waals surface area contributed by atoms with Crippen molar-refractivity contribution in [3.05, 3.63) is 41.4 Å². The molecule has 0 bridgehead atoms. The van der Waals surface area contributed by atoms with Gasteiger partial charge in [0, 0.05) is 17.3 Å². The van der Waals surface area contributed by atoms with Gasteiger partial charge in [0.2, 0.25) is 0 Å². The highest BCUT2D eigenvalue weighted by Crippen LogP contribution is 2.11. The Morgan fingerprint density at radius 1 is 1.27 bits per heavy atom. The molecule has 0 spiro atoms. The molecule has 11 heavy (non-hydrogen) atoms. The Kier molecular flexibility index (Phi) is 2.87. The minimum atomic E-state index is 0.729. The van der Waals surface area contributed by atoms with Crippen molar-refractivity contribution in [2.24, 2.45) is 0 Å². The van der Waals surface area contributed by atoms with Crippen LogP contribution < -0.4 is 0 Å².